The van der Waals surface area contributed by atoms with Gasteiger partial charge in [-0.05, 0) is 55.7 Å². The van der Waals surface area contributed by atoms with Crippen LogP contribution in [-0.2, 0) is 0 Å². The Morgan fingerprint density at radius 3 is 2.60 bits per heavy atom. The summed E-state index contributed by atoms with van der Waals surface area (Å²) in [5, 5.41) is 0. The molecule has 0 amide bonds. The number of nitrogens with zero attached hydrogens (tertiary/aromatic N) is 3. The first-order valence-electron chi connectivity index (χ1n) is 5.44. The highest BCUT2D eigenvalue weighted by Gasteiger charge is 2.26. The lowest BCUT2D eigenvalue weighted by atomic mass is 9.98. The summed E-state index contributed by atoms with van der Waals surface area (Å²) in [5.74, 6) is 1.10. The van der Waals surface area contributed by atoms with Crippen molar-refractivity contribution in [3.8, 4) is 0 Å². The highest BCUT2D eigenvalue weighted by Crippen LogP contribution is 2.29. The average Bonchev–Trinajstić information content (AvgIpc) is 2.20. The van der Waals surface area contributed by atoms with Crippen LogP contribution in [0.1, 0.15) is 33.1 Å². The van der Waals surface area contributed by atoms with Gasteiger partial charge in [-0.1, -0.05) is 0 Å². The molecule has 1 fully saturated rings. The molecule has 3 nitrogen and oxygen atoms in total. The normalized spacial score (nSPS) is 26.7. The van der Waals surface area contributed by atoms with E-state index in [1.807, 2.05) is 6.20 Å². The van der Waals surface area contributed by atoms with Gasteiger partial charge in [0, 0.05) is 18.3 Å². The van der Waals surface area contributed by atoms with Crippen molar-refractivity contribution in [1.29, 1.82) is 0 Å². The Kier molecular flexibility index (Phi) is 3.43. The second kappa shape index (κ2) is 4.63. The van der Waals surface area contributed by atoms with Gasteiger partial charge in [0.15, 0.2) is 0 Å². The van der Waals surface area contributed by atoms with Crippen LogP contribution in [0.5, 0.6) is 0 Å². The van der Waals surface area contributed by atoms with Crippen molar-refractivity contribution in [3.63, 3.8) is 0 Å². The molecule has 2 atom stereocenters. The second-order valence-electron chi connectivity index (χ2n) is 4.23. The van der Waals surface area contributed by atoms with Gasteiger partial charge in [-0.3, -0.25) is 0 Å². The number of aromatic nitrogens is 2. The topological polar surface area (TPSA) is 29.0 Å². The van der Waals surface area contributed by atoms with Gasteiger partial charge < -0.3 is 4.90 Å². The zero-order valence-electron chi connectivity index (χ0n) is 9.15. The van der Waals surface area contributed by atoms with Crippen molar-refractivity contribution >= 4 is 28.4 Å². The van der Waals surface area contributed by atoms with Gasteiger partial charge in [-0.2, -0.15) is 0 Å². The molecule has 0 spiro atoms. The molecule has 1 aliphatic rings. The van der Waals surface area contributed by atoms with Crippen molar-refractivity contribution < 1.29 is 0 Å². The number of anilines is 1. The molecule has 82 valence electrons. The quantitative estimate of drug-likeness (QED) is 0.746. The lowest BCUT2D eigenvalue weighted by molar-refractivity contribution is 0.410. The van der Waals surface area contributed by atoms with Crippen LogP contribution in [0.4, 0.5) is 5.82 Å². The monoisotopic (exact) mass is 317 g/mol. The standard InChI is InChI=1S/C11H16IN3/c1-8-4-3-5-9(2)15(8)11-10(12)6-13-7-14-11/h6-9H,3-5H2,1-2H3/t8-,9+. The van der Waals surface area contributed by atoms with E-state index in [9.17, 15) is 0 Å². The fourth-order valence-corrected chi connectivity index (χ4v) is 2.91. The molecule has 15 heavy (non-hydrogen) atoms. The molecular weight excluding hydrogens is 301 g/mol. The molecular formula is C11H16IN3. The fraction of sp³-hybridized carbons (Fsp3) is 0.636. The van der Waals surface area contributed by atoms with Crippen molar-refractivity contribution in [2.75, 3.05) is 4.90 Å². The minimum Gasteiger partial charge on any atom is -0.350 e. The lowest BCUT2D eigenvalue weighted by Crippen LogP contribution is -2.44. The van der Waals surface area contributed by atoms with Crippen molar-refractivity contribution in [3.05, 3.63) is 16.1 Å². The van der Waals surface area contributed by atoms with E-state index in [1.165, 1.54) is 19.3 Å². The summed E-state index contributed by atoms with van der Waals surface area (Å²) >= 11 is 2.32. The van der Waals surface area contributed by atoms with E-state index in [-0.39, 0.29) is 0 Å². The molecule has 0 radical (unpaired) electrons. The summed E-state index contributed by atoms with van der Waals surface area (Å²) < 4.78 is 1.15. The molecule has 2 rings (SSSR count). The van der Waals surface area contributed by atoms with E-state index < -0.39 is 0 Å². The van der Waals surface area contributed by atoms with Crippen LogP contribution >= 0.6 is 22.6 Å². The third-order valence-electron chi connectivity index (χ3n) is 3.09. The molecule has 0 aliphatic carbocycles. The summed E-state index contributed by atoms with van der Waals surface area (Å²) in [6.45, 7) is 4.57. The van der Waals surface area contributed by atoms with E-state index in [1.54, 1.807) is 6.33 Å². The van der Waals surface area contributed by atoms with Crippen LogP contribution in [0.25, 0.3) is 0 Å². The summed E-state index contributed by atoms with van der Waals surface area (Å²) in [7, 11) is 0. The first-order chi connectivity index (χ1) is 7.20. The van der Waals surface area contributed by atoms with Gasteiger partial charge in [-0.25, -0.2) is 9.97 Å². The van der Waals surface area contributed by atoms with Gasteiger partial charge in [-0.15, -0.1) is 0 Å². The molecule has 1 saturated heterocycles. The molecule has 0 bridgehead atoms. The number of hydrogen-bond acceptors (Lipinski definition) is 3. The molecule has 1 aromatic heterocycles. The molecule has 0 unspecified atom stereocenters. The van der Waals surface area contributed by atoms with Gasteiger partial charge in [0.25, 0.3) is 0 Å². The number of rotatable bonds is 1. The molecule has 0 aromatic carbocycles. The molecule has 0 saturated carbocycles. The SMILES string of the molecule is C[C@@H]1CCC[C@H](C)N1c1ncncc1I. The zero-order valence-corrected chi connectivity index (χ0v) is 11.3. The predicted octanol–water partition coefficient (Wildman–Crippen LogP) is 2.85. The summed E-state index contributed by atoms with van der Waals surface area (Å²) in [6, 6.07) is 1.19. The highest BCUT2D eigenvalue weighted by atomic mass is 127. The third kappa shape index (κ3) is 2.24. The molecule has 1 aliphatic heterocycles. The van der Waals surface area contributed by atoms with E-state index in [2.05, 4.69) is 51.3 Å². The first kappa shape index (κ1) is 11.1. The van der Waals surface area contributed by atoms with E-state index in [0.29, 0.717) is 12.1 Å². The number of piperidine rings is 1. The number of hydrogen-bond donors (Lipinski definition) is 0. The Balaban J connectivity index is 2.31. The maximum absolute atomic E-state index is 4.41. The number of halogens is 1. The maximum Gasteiger partial charge on any atom is 0.145 e. The molecule has 2 heterocycles. The van der Waals surface area contributed by atoms with Crippen LogP contribution in [-0.4, -0.2) is 22.1 Å². The van der Waals surface area contributed by atoms with Crippen LogP contribution in [0.15, 0.2) is 12.5 Å². The summed E-state index contributed by atoms with van der Waals surface area (Å²) in [5.41, 5.74) is 0. The smallest absolute Gasteiger partial charge is 0.145 e. The lowest BCUT2D eigenvalue weighted by Gasteiger charge is -2.40. The second-order valence-corrected chi connectivity index (χ2v) is 5.39. The van der Waals surface area contributed by atoms with Crippen molar-refractivity contribution in [1.82, 2.24) is 9.97 Å². The molecule has 4 heteroatoms. The van der Waals surface area contributed by atoms with Gasteiger partial charge >= 0.3 is 0 Å². The highest BCUT2D eigenvalue weighted by molar-refractivity contribution is 14.1. The average molecular weight is 317 g/mol. The minimum absolute atomic E-state index is 0.595. The van der Waals surface area contributed by atoms with Crippen molar-refractivity contribution in [2.24, 2.45) is 0 Å². The molecule has 1 aromatic rings. The van der Waals surface area contributed by atoms with E-state index in [0.717, 1.165) is 9.39 Å². The van der Waals surface area contributed by atoms with Gasteiger partial charge in [0.1, 0.15) is 12.1 Å². The molecule has 0 N–H and O–H groups in total. The largest absolute Gasteiger partial charge is 0.350 e. The Bertz CT molecular complexity index is 332. The fourth-order valence-electron chi connectivity index (χ4n) is 2.33. The minimum atomic E-state index is 0.595. The van der Waals surface area contributed by atoms with E-state index in [4.69, 9.17) is 0 Å². The Morgan fingerprint density at radius 1 is 1.33 bits per heavy atom. The van der Waals surface area contributed by atoms with Crippen LogP contribution in [0.3, 0.4) is 0 Å². The third-order valence-corrected chi connectivity index (χ3v) is 3.85. The first-order valence-corrected chi connectivity index (χ1v) is 6.52. The summed E-state index contributed by atoms with van der Waals surface area (Å²) in [6.07, 6.45) is 7.40. The summed E-state index contributed by atoms with van der Waals surface area (Å²) in [4.78, 5) is 10.9. The van der Waals surface area contributed by atoms with Crippen molar-refractivity contribution in [2.45, 2.75) is 45.2 Å². The maximum atomic E-state index is 4.41. The zero-order chi connectivity index (χ0) is 10.8. The van der Waals surface area contributed by atoms with Gasteiger partial charge in [0.2, 0.25) is 0 Å². The Hall–Kier alpha value is -0.390. The Morgan fingerprint density at radius 2 is 2.00 bits per heavy atom. The predicted molar refractivity (Wildman–Crippen MR) is 70.0 cm³/mol. The Labute approximate surface area is 104 Å². The van der Waals surface area contributed by atoms with E-state index >= 15 is 0 Å². The van der Waals surface area contributed by atoms with Crippen LogP contribution < -0.4 is 4.90 Å². The van der Waals surface area contributed by atoms with Crippen LogP contribution in [0.2, 0.25) is 0 Å². The van der Waals surface area contributed by atoms with Crippen LogP contribution in [0, 0.1) is 3.57 Å². The van der Waals surface area contributed by atoms with Gasteiger partial charge in [0.05, 0.1) is 3.57 Å².